The summed E-state index contributed by atoms with van der Waals surface area (Å²) in [5, 5.41) is 28.4. The number of hydrogen-bond acceptors (Lipinski definition) is 15. The number of Topliss-reactive ketones (excluding diaryl/α,β-unsaturated/α-hetero) is 2. The van der Waals surface area contributed by atoms with E-state index >= 15 is 0 Å². The number of esters is 2. The van der Waals surface area contributed by atoms with E-state index in [4.69, 9.17) is 9.47 Å². The zero-order chi connectivity index (χ0) is 32.7. The molecule has 0 bridgehead atoms. The van der Waals surface area contributed by atoms with Crippen molar-refractivity contribution in [2.24, 2.45) is 11.8 Å². The van der Waals surface area contributed by atoms with Gasteiger partial charge in [0.15, 0.2) is 17.3 Å². The van der Waals surface area contributed by atoms with Gasteiger partial charge in [0.25, 0.3) is 5.88 Å². The van der Waals surface area contributed by atoms with Crippen LogP contribution >= 0.6 is 49.7 Å². The Bertz CT molecular complexity index is 1690. The van der Waals surface area contributed by atoms with E-state index < -0.39 is 30.9 Å². The zero-order valence-electron chi connectivity index (χ0n) is 25.8. The van der Waals surface area contributed by atoms with Gasteiger partial charge in [0.05, 0.1) is 70.5 Å². The number of carbonyl (C=O) groups excluding carboxylic acids is 4. The van der Waals surface area contributed by atoms with E-state index in [1.54, 1.807) is 26.0 Å². The van der Waals surface area contributed by atoms with Gasteiger partial charge in [-0.15, -0.1) is 22.7 Å². The Kier molecular flexibility index (Phi) is 15.9. The Labute approximate surface area is 286 Å². The second-order valence-electron chi connectivity index (χ2n) is 9.57. The largest absolute Gasteiger partial charge is 0.503 e. The van der Waals surface area contributed by atoms with Gasteiger partial charge in [-0.3, -0.25) is 19.2 Å². The zero-order valence-corrected chi connectivity index (χ0v) is 29.4. The van der Waals surface area contributed by atoms with Crippen molar-refractivity contribution in [3.05, 3.63) is 34.0 Å². The predicted molar refractivity (Wildman–Crippen MR) is 185 cm³/mol. The van der Waals surface area contributed by atoms with Crippen LogP contribution in [0.3, 0.4) is 0 Å². The maximum Gasteiger partial charge on any atom is 0.494 e. The van der Waals surface area contributed by atoms with E-state index in [2.05, 4.69) is 19.4 Å². The summed E-state index contributed by atoms with van der Waals surface area (Å²) in [7, 11) is 3.63. The average molecular weight is 715 g/mol. The van der Waals surface area contributed by atoms with Gasteiger partial charge >= 0.3 is 19.1 Å². The summed E-state index contributed by atoms with van der Waals surface area (Å²) < 4.78 is 20.5. The molecule has 0 saturated heterocycles. The predicted octanol–water partition coefficient (Wildman–Crippen LogP) is 2.98. The van der Waals surface area contributed by atoms with Crippen LogP contribution in [-0.2, 0) is 19.1 Å². The summed E-state index contributed by atoms with van der Waals surface area (Å²) in [4.78, 5) is 56.4. The van der Waals surface area contributed by atoms with Crippen LogP contribution < -0.4 is 14.9 Å². The van der Waals surface area contributed by atoms with Crippen LogP contribution in [-0.4, -0.2) is 84.2 Å². The van der Waals surface area contributed by atoms with E-state index in [1.807, 2.05) is 0 Å². The molecule has 4 aromatic heterocycles. The summed E-state index contributed by atoms with van der Waals surface area (Å²) >= 11 is 2.40. The molecule has 0 aromatic carbocycles. The molecule has 0 aliphatic heterocycles. The molecule has 250 valence electrons. The fourth-order valence-electron chi connectivity index (χ4n) is 4.00. The minimum atomic E-state index is -1.72. The van der Waals surface area contributed by atoms with Crippen molar-refractivity contribution in [2.75, 3.05) is 28.4 Å². The monoisotopic (exact) mass is 714 g/mol. The number of pyridine rings is 2. The van der Waals surface area contributed by atoms with Crippen molar-refractivity contribution in [2.45, 2.75) is 26.7 Å². The van der Waals surface area contributed by atoms with Crippen molar-refractivity contribution in [3.63, 3.8) is 0 Å². The number of aromatic hydroxyl groups is 1. The van der Waals surface area contributed by atoms with Crippen molar-refractivity contribution >= 4 is 106 Å². The standard InChI is InChI=1S/C14H16BNO6S.C14H15NO5S.2H2S/c1-7(14(18)22-3)4-10(17)12-6-9-11(23-12)5-8(15(19)20)13(16-9)21-2;1-7(14(18)20-3)4-9(16)12-5-8-11(21-12)6-10(17)13(15-8)19-2;;/h5-7,19-20H,4H2,1-3H3;5-7,17H,4H2,1-3H3;2*1H2/t2*7-;;/m00../s1. The van der Waals surface area contributed by atoms with Gasteiger partial charge in [-0.05, 0) is 18.2 Å². The molecule has 0 aliphatic rings. The molecule has 4 rings (SSSR count). The molecule has 0 radical (unpaired) electrons. The Morgan fingerprint density at radius 3 is 1.54 bits per heavy atom. The molecule has 18 heteroatoms. The number of thiophene rings is 2. The third-order valence-corrected chi connectivity index (χ3v) is 8.57. The van der Waals surface area contributed by atoms with Crippen molar-refractivity contribution < 1.29 is 53.3 Å². The fourth-order valence-corrected chi connectivity index (χ4v) is 5.99. The third kappa shape index (κ3) is 9.79. The lowest BCUT2D eigenvalue weighted by Crippen LogP contribution is -2.31. The summed E-state index contributed by atoms with van der Waals surface area (Å²) in [6.45, 7) is 3.27. The number of hydrogen-bond donors (Lipinski definition) is 3. The molecule has 0 saturated carbocycles. The molecule has 13 nitrogen and oxygen atoms in total. The number of methoxy groups -OCH3 is 4. The van der Waals surface area contributed by atoms with Crippen LogP contribution in [0.25, 0.3) is 20.4 Å². The lowest BCUT2D eigenvalue weighted by molar-refractivity contribution is -0.145. The molecule has 0 unspecified atom stereocenters. The molecular formula is C28H35BN2O11S4. The third-order valence-electron chi connectivity index (χ3n) is 6.35. The molecule has 4 aromatic rings. The van der Waals surface area contributed by atoms with Gasteiger partial charge in [-0.2, -0.15) is 27.0 Å². The minimum Gasteiger partial charge on any atom is -0.503 e. The first kappa shape index (κ1) is 40.6. The second-order valence-corrected chi connectivity index (χ2v) is 11.7. The molecule has 2 atom stereocenters. The summed E-state index contributed by atoms with van der Waals surface area (Å²) in [5.41, 5.74) is 1.22. The molecule has 0 fully saturated rings. The maximum absolute atomic E-state index is 12.3. The maximum atomic E-state index is 12.3. The van der Waals surface area contributed by atoms with Gasteiger partial charge in [0.2, 0.25) is 5.88 Å². The summed E-state index contributed by atoms with van der Waals surface area (Å²) in [6, 6.07) is 6.26. The topological polar surface area (TPSA) is 192 Å². The van der Waals surface area contributed by atoms with E-state index in [-0.39, 0.29) is 74.4 Å². The Balaban J connectivity index is 0.000000442. The summed E-state index contributed by atoms with van der Waals surface area (Å²) in [5.74, 6) is -2.11. The van der Waals surface area contributed by atoms with E-state index in [0.29, 0.717) is 30.2 Å². The number of fused-ring (bicyclic) bond motifs is 2. The lowest BCUT2D eigenvalue weighted by atomic mass is 9.81. The van der Waals surface area contributed by atoms with Gasteiger partial charge < -0.3 is 34.1 Å². The highest BCUT2D eigenvalue weighted by Crippen LogP contribution is 2.33. The Morgan fingerprint density at radius 2 is 1.15 bits per heavy atom. The first-order chi connectivity index (χ1) is 20.8. The van der Waals surface area contributed by atoms with Crippen LogP contribution in [0.1, 0.15) is 46.0 Å². The van der Waals surface area contributed by atoms with Crippen LogP contribution in [0.4, 0.5) is 0 Å². The number of nitrogens with zero attached hydrogens (tertiary/aromatic N) is 2. The molecule has 3 N–H and O–H groups in total. The van der Waals surface area contributed by atoms with Gasteiger partial charge in [-0.1, -0.05) is 13.8 Å². The highest BCUT2D eigenvalue weighted by Gasteiger charge is 2.24. The van der Waals surface area contributed by atoms with Gasteiger partial charge in [-0.25, -0.2) is 9.97 Å². The van der Waals surface area contributed by atoms with Gasteiger partial charge in [0.1, 0.15) is 0 Å². The number of carbonyl (C=O) groups is 4. The number of ether oxygens (including phenoxy) is 4. The first-order valence-corrected chi connectivity index (χ1v) is 14.7. The quantitative estimate of drug-likeness (QED) is 0.117. The molecule has 0 spiro atoms. The van der Waals surface area contributed by atoms with Crippen LogP contribution in [0.5, 0.6) is 17.5 Å². The lowest BCUT2D eigenvalue weighted by Gasteiger charge is -2.06. The van der Waals surface area contributed by atoms with Crippen molar-refractivity contribution in [1.29, 1.82) is 0 Å². The van der Waals surface area contributed by atoms with Crippen LogP contribution in [0.15, 0.2) is 24.3 Å². The number of ketones is 2. The van der Waals surface area contributed by atoms with Gasteiger partial charge in [0, 0.05) is 24.4 Å². The second kappa shape index (κ2) is 18.1. The first-order valence-electron chi connectivity index (χ1n) is 13.1. The number of aromatic nitrogens is 2. The molecule has 0 aliphatic carbocycles. The number of rotatable bonds is 11. The average Bonchev–Trinajstić information content (AvgIpc) is 3.62. The van der Waals surface area contributed by atoms with E-state index in [1.165, 1.54) is 63.2 Å². The molecule has 4 heterocycles. The molecule has 46 heavy (non-hydrogen) atoms. The fraction of sp³-hybridized carbons (Fsp3) is 0.357. The highest BCUT2D eigenvalue weighted by molar-refractivity contribution is 7.59. The van der Waals surface area contributed by atoms with Crippen molar-refractivity contribution in [1.82, 2.24) is 9.97 Å². The smallest absolute Gasteiger partial charge is 0.494 e. The van der Waals surface area contributed by atoms with Crippen LogP contribution in [0, 0.1) is 11.8 Å². The van der Waals surface area contributed by atoms with Crippen LogP contribution in [0.2, 0.25) is 0 Å². The van der Waals surface area contributed by atoms with E-state index in [0.717, 1.165) is 0 Å². The molecular weight excluding hydrogens is 679 g/mol. The summed E-state index contributed by atoms with van der Waals surface area (Å²) in [6.07, 6.45) is 0.106. The van der Waals surface area contributed by atoms with Crippen molar-refractivity contribution in [3.8, 4) is 17.5 Å². The minimum absolute atomic E-state index is 0. The molecule has 0 amide bonds. The highest BCUT2D eigenvalue weighted by atomic mass is 32.1. The Morgan fingerprint density at radius 1 is 0.739 bits per heavy atom. The van der Waals surface area contributed by atoms with E-state index in [9.17, 15) is 34.3 Å². The SMILES string of the molecule is COC(=O)[C@@H](C)CC(=O)c1cc2nc(OC)c(B(O)O)cc2s1.COC(=O)[C@@H](C)CC(=O)c1cc2nc(OC)c(O)cc2s1.S.S. The normalized spacial score (nSPS) is 11.6. The Hall–Kier alpha value is -3.42.